The van der Waals surface area contributed by atoms with E-state index in [1.807, 2.05) is 12.1 Å². The molecule has 0 bridgehead atoms. The van der Waals surface area contributed by atoms with Crippen molar-refractivity contribution in [3.05, 3.63) is 51.5 Å². The van der Waals surface area contributed by atoms with E-state index < -0.39 is 0 Å². The molecule has 2 N–H and O–H groups in total. The van der Waals surface area contributed by atoms with Gasteiger partial charge in [-0.3, -0.25) is 9.59 Å². The third kappa shape index (κ3) is 3.97. The standard InChI is InChI=1S/C17H14BrN3O3S/c1-9-15(16(21-24-9)13-7-8-14(18)25-13)17(23)20-12-5-3-11(4-6-12)19-10(2)22/h3-8H,1-2H3,(H,19,22)(H,20,23). The Morgan fingerprint density at radius 2 is 1.72 bits per heavy atom. The lowest BCUT2D eigenvalue weighted by molar-refractivity contribution is -0.114. The molecule has 0 aliphatic carbocycles. The number of halogens is 1. The molecular weight excluding hydrogens is 406 g/mol. The minimum absolute atomic E-state index is 0.149. The third-order valence-corrected chi connectivity index (χ3v) is 4.99. The second-order valence-corrected chi connectivity index (χ2v) is 7.74. The molecule has 6 nitrogen and oxygen atoms in total. The molecule has 0 saturated heterocycles. The van der Waals surface area contributed by atoms with E-state index in [9.17, 15) is 9.59 Å². The third-order valence-electron chi connectivity index (χ3n) is 3.36. The van der Waals surface area contributed by atoms with Crippen molar-refractivity contribution >= 4 is 50.5 Å². The van der Waals surface area contributed by atoms with Crippen LogP contribution in [0.3, 0.4) is 0 Å². The highest BCUT2D eigenvalue weighted by molar-refractivity contribution is 9.11. The highest BCUT2D eigenvalue weighted by atomic mass is 79.9. The summed E-state index contributed by atoms with van der Waals surface area (Å²) in [5.41, 5.74) is 2.19. The summed E-state index contributed by atoms with van der Waals surface area (Å²) in [5.74, 6) is 0.000991. The number of nitrogens with zero attached hydrogens (tertiary/aromatic N) is 1. The van der Waals surface area contributed by atoms with E-state index in [1.54, 1.807) is 31.2 Å². The van der Waals surface area contributed by atoms with E-state index in [0.29, 0.717) is 28.4 Å². The predicted octanol–water partition coefficient (Wildman–Crippen LogP) is 4.68. The molecule has 0 spiro atoms. The molecule has 2 aromatic heterocycles. The Hall–Kier alpha value is -2.45. The molecule has 0 aliphatic heterocycles. The van der Waals surface area contributed by atoms with Crippen molar-refractivity contribution in [2.24, 2.45) is 0 Å². The van der Waals surface area contributed by atoms with Gasteiger partial charge in [-0.2, -0.15) is 0 Å². The van der Waals surface area contributed by atoms with Gasteiger partial charge >= 0.3 is 0 Å². The van der Waals surface area contributed by atoms with Gasteiger partial charge in [0, 0.05) is 18.3 Å². The number of benzene rings is 1. The first-order valence-corrected chi connectivity index (χ1v) is 8.96. The summed E-state index contributed by atoms with van der Waals surface area (Å²) in [6.07, 6.45) is 0. The Kier molecular flexibility index (Phi) is 5.00. The number of amides is 2. The molecule has 2 amide bonds. The van der Waals surface area contributed by atoms with Crippen LogP contribution in [0.4, 0.5) is 11.4 Å². The zero-order valence-electron chi connectivity index (χ0n) is 13.4. The number of rotatable bonds is 4. The van der Waals surface area contributed by atoms with E-state index in [-0.39, 0.29) is 11.8 Å². The smallest absolute Gasteiger partial charge is 0.261 e. The first-order chi connectivity index (χ1) is 11.9. The van der Waals surface area contributed by atoms with E-state index >= 15 is 0 Å². The van der Waals surface area contributed by atoms with Crippen LogP contribution in [0.1, 0.15) is 23.0 Å². The number of anilines is 2. The molecule has 25 heavy (non-hydrogen) atoms. The molecule has 0 aliphatic rings. The van der Waals surface area contributed by atoms with Crippen molar-refractivity contribution in [1.82, 2.24) is 5.16 Å². The second kappa shape index (κ2) is 7.20. The summed E-state index contributed by atoms with van der Waals surface area (Å²) in [6.45, 7) is 3.14. The zero-order valence-corrected chi connectivity index (χ0v) is 15.8. The Morgan fingerprint density at radius 1 is 1.08 bits per heavy atom. The highest BCUT2D eigenvalue weighted by Gasteiger charge is 2.22. The maximum atomic E-state index is 12.7. The summed E-state index contributed by atoms with van der Waals surface area (Å²) < 4.78 is 6.16. The van der Waals surface area contributed by atoms with Gasteiger partial charge in [0.15, 0.2) is 0 Å². The number of carbonyl (C=O) groups excluding carboxylic acids is 2. The Bertz CT molecular complexity index is 931. The molecule has 0 fully saturated rings. The predicted molar refractivity (Wildman–Crippen MR) is 101 cm³/mol. The lowest BCUT2D eigenvalue weighted by Crippen LogP contribution is -2.13. The summed E-state index contributed by atoms with van der Waals surface area (Å²) in [4.78, 5) is 24.6. The van der Waals surface area contributed by atoms with Crippen molar-refractivity contribution in [2.45, 2.75) is 13.8 Å². The van der Waals surface area contributed by atoms with Crippen molar-refractivity contribution in [1.29, 1.82) is 0 Å². The van der Waals surface area contributed by atoms with Gasteiger partial charge in [-0.05, 0) is 59.3 Å². The van der Waals surface area contributed by atoms with E-state index in [2.05, 4.69) is 31.7 Å². The maximum absolute atomic E-state index is 12.7. The number of nitrogens with one attached hydrogen (secondary N) is 2. The van der Waals surface area contributed by atoms with Crippen LogP contribution in [-0.2, 0) is 4.79 Å². The van der Waals surface area contributed by atoms with E-state index in [1.165, 1.54) is 18.3 Å². The monoisotopic (exact) mass is 419 g/mol. The van der Waals surface area contributed by atoms with Crippen LogP contribution in [0, 0.1) is 6.92 Å². The highest BCUT2D eigenvalue weighted by Crippen LogP contribution is 2.34. The Labute approximate surface area is 156 Å². The molecule has 0 radical (unpaired) electrons. The summed E-state index contributed by atoms with van der Waals surface area (Å²) in [6, 6.07) is 10.6. The van der Waals surface area contributed by atoms with Crippen molar-refractivity contribution < 1.29 is 14.1 Å². The number of hydrogen-bond donors (Lipinski definition) is 2. The topological polar surface area (TPSA) is 84.2 Å². The molecule has 2 heterocycles. The van der Waals surface area contributed by atoms with E-state index in [0.717, 1.165) is 8.66 Å². The van der Waals surface area contributed by atoms with Gasteiger partial charge in [0.25, 0.3) is 5.91 Å². The average Bonchev–Trinajstić information content (AvgIpc) is 3.14. The van der Waals surface area contributed by atoms with Crippen molar-refractivity contribution in [3.8, 4) is 10.6 Å². The summed E-state index contributed by atoms with van der Waals surface area (Å²) in [5, 5.41) is 9.51. The van der Waals surface area contributed by atoms with E-state index in [4.69, 9.17) is 4.52 Å². The van der Waals surface area contributed by atoms with Crippen molar-refractivity contribution in [2.75, 3.05) is 10.6 Å². The minimum atomic E-state index is -0.300. The number of thiophene rings is 1. The van der Waals surface area contributed by atoms with Gasteiger partial charge in [-0.1, -0.05) is 5.16 Å². The van der Waals surface area contributed by atoms with Gasteiger partial charge in [0.2, 0.25) is 5.91 Å². The molecule has 3 rings (SSSR count). The van der Waals surface area contributed by atoms with Crippen molar-refractivity contribution in [3.63, 3.8) is 0 Å². The fraction of sp³-hybridized carbons (Fsp3) is 0.118. The molecule has 128 valence electrons. The van der Waals surface area contributed by atoms with Crippen LogP contribution in [-0.4, -0.2) is 17.0 Å². The SMILES string of the molecule is CC(=O)Nc1ccc(NC(=O)c2c(-c3ccc(Br)s3)noc2C)cc1. The lowest BCUT2D eigenvalue weighted by atomic mass is 10.1. The fourth-order valence-electron chi connectivity index (χ4n) is 2.28. The van der Waals surface area contributed by atoms with Crippen LogP contribution in [0.15, 0.2) is 44.7 Å². The average molecular weight is 420 g/mol. The number of carbonyl (C=O) groups is 2. The molecule has 0 unspecified atom stereocenters. The normalized spacial score (nSPS) is 10.5. The molecule has 3 aromatic rings. The van der Waals surface area contributed by atoms with Crippen LogP contribution >= 0.6 is 27.3 Å². The quantitative estimate of drug-likeness (QED) is 0.642. The van der Waals surface area contributed by atoms with Crippen LogP contribution in [0.25, 0.3) is 10.6 Å². The van der Waals surface area contributed by atoms with Gasteiger partial charge in [-0.15, -0.1) is 11.3 Å². The lowest BCUT2D eigenvalue weighted by Gasteiger charge is -2.07. The maximum Gasteiger partial charge on any atom is 0.261 e. The van der Waals surface area contributed by atoms with Crippen LogP contribution < -0.4 is 10.6 Å². The van der Waals surface area contributed by atoms with Crippen LogP contribution in [0.5, 0.6) is 0 Å². The van der Waals surface area contributed by atoms with Gasteiger partial charge in [-0.25, -0.2) is 0 Å². The Morgan fingerprint density at radius 3 is 2.28 bits per heavy atom. The molecule has 0 saturated carbocycles. The molecular formula is C17H14BrN3O3S. The van der Waals surface area contributed by atoms with Gasteiger partial charge < -0.3 is 15.2 Å². The summed E-state index contributed by atoms with van der Waals surface area (Å²) >= 11 is 4.88. The molecule has 1 aromatic carbocycles. The fourth-order valence-corrected chi connectivity index (χ4v) is 3.66. The minimum Gasteiger partial charge on any atom is -0.360 e. The number of aromatic nitrogens is 1. The molecule has 8 heteroatoms. The first-order valence-electron chi connectivity index (χ1n) is 7.35. The number of aryl methyl sites for hydroxylation is 1. The Balaban J connectivity index is 1.82. The van der Waals surface area contributed by atoms with Gasteiger partial charge in [0.1, 0.15) is 17.0 Å². The second-order valence-electron chi connectivity index (χ2n) is 5.28. The zero-order chi connectivity index (χ0) is 18.0. The van der Waals surface area contributed by atoms with Gasteiger partial charge in [0.05, 0.1) is 8.66 Å². The van der Waals surface area contributed by atoms with Crippen LogP contribution in [0.2, 0.25) is 0 Å². The molecule has 0 atom stereocenters. The first kappa shape index (κ1) is 17.4. The largest absolute Gasteiger partial charge is 0.360 e. The summed E-state index contributed by atoms with van der Waals surface area (Å²) in [7, 11) is 0. The number of hydrogen-bond acceptors (Lipinski definition) is 5.